The van der Waals surface area contributed by atoms with Crippen LogP contribution in [0.15, 0.2) is 18.2 Å². The number of hydrogen-bond donors (Lipinski definition) is 0. The van der Waals surface area contributed by atoms with Gasteiger partial charge in [0.05, 0.1) is 14.2 Å². The van der Waals surface area contributed by atoms with Crippen LogP contribution in [0.1, 0.15) is 29.6 Å². The first-order valence-electron chi connectivity index (χ1n) is 7.26. The van der Waals surface area contributed by atoms with Crippen molar-refractivity contribution in [1.29, 1.82) is 0 Å². The van der Waals surface area contributed by atoms with Crippen LogP contribution in [0.25, 0.3) is 0 Å². The Morgan fingerprint density at radius 3 is 2.52 bits per heavy atom. The van der Waals surface area contributed by atoms with E-state index in [9.17, 15) is 4.79 Å². The quantitative estimate of drug-likeness (QED) is 0.760. The number of carbonyl (C=O) groups is 1. The normalized spacial score (nSPS) is 18.4. The van der Waals surface area contributed by atoms with E-state index in [1.54, 1.807) is 32.4 Å². The van der Waals surface area contributed by atoms with Crippen LogP contribution in [-0.2, 0) is 0 Å². The second-order valence-corrected chi connectivity index (χ2v) is 6.13. The van der Waals surface area contributed by atoms with Crippen molar-refractivity contribution in [3.63, 3.8) is 0 Å². The van der Waals surface area contributed by atoms with Gasteiger partial charge in [0.1, 0.15) is 11.5 Å². The van der Waals surface area contributed by atoms with Gasteiger partial charge >= 0.3 is 0 Å². The molecule has 1 aliphatic rings. The lowest BCUT2D eigenvalue weighted by Crippen LogP contribution is -2.40. The maximum atomic E-state index is 12.7. The van der Waals surface area contributed by atoms with E-state index >= 15 is 0 Å². The first-order valence-corrected chi connectivity index (χ1v) is 8.38. The Morgan fingerprint density at radius 2 is 1.95 bits per heavy atom. The molecule has 1 aliphatic heterocycles. The van der Waals surface area contributed by atoms with Crippen LogP contribution in [-0.4, -0.2) is 43.4 Å². The minimum absolute atomic E-state index is 0.0615. The highest BCUT2D eigenvalue weighted by Gasteiger charge is 2.24. The van der Waals surface area contributed by atoms with Crippen LogP contribution in [0.5, 0.6) is 11.5 Å². The third kappa shape index (κ3) is 4.13. The average molecular weight is 356 g/mol. The van der Waals surface area contributed by atoms with Gasteiger partial charge in [-0.3, -0.25) is 4.79 Å². The zero-order valence-corrected chi connectivity index (χ0v) is 14.2. The fourth-order valence-electron chi connectivity index (χ4n) is 2.75. The Labute approximate surface area is 134 Å². The van der Waals surface area contributed by atoms with E-state index in [0.717, 1.165) is 31.3 Å². The van der Waals surface area contributed by atoms with E-state index in [1.165, 1.54) is 6.42 Å². The smallest absolute Gasteiger partial charge is 0.254 e. The van der Waals surface area contributed by atoms with Gasteiger partial charge in [0.15, 0.2) is 0 Å². The molecule has 1 fully saturated rings. The summed E-state index contributed by atoms with van der Waals surface area (Å²) in [4.78, 5) is 14.6. The molecule has 1 heterocycles. The highest BCUT2D eigenvalue weighted by atomic mass is 79.9. The van der Waals surface area contributed by atoms with Gasteiger partial charge in [-0.2, -0.15) is 0 Å². The number of amides is 1. The molecule has 21 heavy (non-hydrogen) atoms. The number of rotatable bonds is 5. The Bertz CT molecular complexity index is 468. The monoisotopic (exact) mass is 355 g/mol. The predicted molar refractivity (Wildman–Crippen MR) is 86.6 cm³/mol. The highest BCUT2D eigenvalue weighted by Crippen LogP contribution is 2.26. The van der Waals surface area contributed by atoms with Crippen LogP contribution in [0.2, 0.25) is 0 Å². The molecule has 0 radical (unpaired) electrons. The average Bonchev–Trinajstić information content (AvgIpc) is 2.54. The van der Waals surface area contributed by atoms with Crippen molar-refractivity contribution in [2.24, 2.45) is 5.92 Å². The molecule has 0 saturated carbocycles. The second-order valence-electron chi connectivity index (χ2n) is 5.34. The van der Waals surface area contributed by atoms with Gasteiger partial charge in [-0.15, -0.1) is 0 Å². The van der Waals surface area contributed by atoms with Crippen molar-refractivity contribution in [2.45, 2.75) is 19.3 Å². The minimum Gasteiger partial charge on any atom is -0.497 e. The summed E-state index contributed by atoms with van der Waals surface area (Å²) >= 11 is 3.49. The number of ether oxygens (including phenoxy) is 2. The molecule has 1 saturated heterocycles. The SMILES string of the molecule is COc1cc(OC)cc(C(=O)N2CCCC(CCBr)C2)c1. The van der Waals surface area contributed by atoms with Crippen LogP contribution >= 0.6 is 15.9 Å². The van der Waals surface area contributed by atoms with E-state index in [0.29, 0.717) is 23.0 Å². The molecule has 1 aromatic rings. The maximum Gasteiger partial charge on any atom is 0.254 e. The molecule has 1 amide bonds. The number of carbonyl (C=O) groups excluding carboxylic acids is 1. The molecule has 0 bridgehead atoms. The van der Waals surface area contributed by atoms with E-state index in [4.69, 9.17) is 9.47 Å². The summed E-state index contributed by atoms with van der Waals surface area (Å²) in [6.45, 7) is 1.67. The summed E-state index contributed by atoms with van der Waals surface area (Å²) in [7, 11) is 3.19. The number of piperidine rings is 1. The lowest BCUT2D eigenvalue weighted by Gasteiger charge is -2.32. The first kappa shape index (κ1) is 16.1. The number of nitrogens with zero attached hydrogens (tertiary/aromatic N) is 1. The minimum atomic E-state index is 0.0615. The van der Waals surface area contributed by atoms with Crippen molar-refractivity contribution < 1.29 is 14.3 Å². The Morgan fingerprint density at radius 1 is 1.29 bits per heavy atom. The van der Waals surface area contributed by atoms with E-state index in [1.807, 2.05) is 4.90 Å². The molecule has 0 aliphatic carbocycles. The molecular weight excluding hydrogens is 334 g/mol. The summed E-state index contributed by atoms with van der Waals surface area (Å²) in [5.41, 5.74) is 0.630. The van der Waals surface area contributed by atoms with E-state index in [-0.39, 0.29) is 5.91 Å². The lowest BCUT2D eigenvalue weighted by molar-refractivity contribution is 0.0671. The molecule has 1 atom stereocenters. The van der Waals surface area contributed by atoms with Gasteiger partial charge < -0.3 is 14.4 Å². The van der Waals surface area contributed by atoms with Gasteiger partial charge in [-0.25, -0.2) is 0 Å². The van der Waals surface area contributed by atoms with Gasteiger partial charge in [0.25, 0.3) is 5.91 Å². The van der Waals surface area contributed by atoms with Gasteiger partial charge in [-0.1, -0.05) is 15.9 Å². The molecule has 0 aromatic heterocycles. The number of hydrogen-bond acceptors (Lipinski definition) is 3. The van der Waals surface area contributed by atoms with Gasteiger partial charge in [0, 0.05) is 30.0 Å². The first-order chi connectivity index (χ1) is 10.2. The summed E-state index contributed by atoms with van der Waals surface area (Å²) in [6, 6.07) is 5.33. The van der Waals surface area contributed by atoms with Gasteiger partial charge in [-0.05, 0) is 37.3 Å². The van der Waals surface area contributed by atoms with Crippen LogP contribution in [0.3, 0.4) is 0 Å². The van der Waals surface area contributed by atoms with Crippen LogP contribution < -0.4 is 9.47 Å². The van der Waals surface area contributed by atoms with Gasteiger partial charge in [0.2, 0.25) is 0 Å². The largest absolute Gasteiger partial charge is 0.497 e. The molecule has 0 N–H and O–H groups in total. The molecule has 0 spiro atoms. The third-order valence-electron chi connectivity index (χ3n) is 3.92. The fraction of sp³-hybridized carbons (Fsp3) is 0.562. The zero-order valence-electron chi connectivity index (χ0n) is 12.6. The summed E-state index contributed by atoms with van der Waals surface area (Å²) < 4.78 is 10.5. The summed E-state index contributed by atoms with van der Waals surface area (Å²) in [5.74, 6) is 1.94. The highest BCUT2D eigenvalue weighted by molar-refractivity contribution is 9.09. The van der Waals surface area contributed by atoms with E-state index in [2.05, 4.69) is 15.9 Å². The van der Waals surface area contributed by atoms with Crippen LogP contribution in [0.4, 0.5) is 0 Å². The Balaban J connectivity index is 2.15. The number of benzene rings is 1. The molecule has 116 valence electrons. The standard InChI is InChI=1S/C16H22BrNO3/c1-20-14-8-13(9-15(10-14)21-2)16(19)18-7-3-4-12(11-18)5-6-17/h8-10,12H,3-7,11H2,1-2H3. The zero-order chi connectivity index (χ0) is 15.2. The van der Waals surface area contributed by atoms with Crippen molar-refractivity contribution in [2.75, 3.05) is 32.6 Å². The molecular formula is C16H22BrNO3. The van der Waals surface area contributed by atoms with Crippen molar-refractivity contribution in [3.05, 3.63) is 23.8 Å². The Kier molecular flexibility index (Phi) is 5.91. The van der Waals surface area contributed by atoms with Crippen molar-refractivity contribution in [3.8, 4) is 11.5 Å². The fourth-order valence-corrected chi connectivity index (χ4v) is 3.40. The van der Waals surface area contributed by atoms with Crippen molar-refractivity contribution >= 4 is 21.8 Å². The lowest BCUT2D eigenvalue weighted by atomic mass is 9.95. The maximum absolute atomic E-state index is 12.7. The van der Waals surface area contributed by atoms with Crippen LogP contribution in [0, 0.1) is 5.92 Å². The summed E-state index contributed by atoms with van der Waals surface area (Å²) in [5, 5.41) is 0.993. The molecule has 1 aromatic carbocycles. The molecule has 4 nitrogen and oxygen atoms in total. The van der Waals surface area contributed by atoms with E-state index < -0.39 is 0 Å². The summed E-state index contributed by atoms with van der Waals surface area (Å²) in [6.07, 6.45) is 3.40. The molecule has 5 heteroatoms. The molecule has 1 unspecified atom stereocenters. The topological polar surface area (TPSA) is 38.8 Å². The number of methoxy groups -OCH3 is 2. The molecule has 2 rings (SSSR count). The number of alkyl halides is 1. The Hall–Kier alpha value is -1.23. The number of likely N-dealkylation sites (tertiary alicyclic amines) is 1. The predicted octanol–water partition coefficient (Wildman–Crippen LogP) is 3.34. The number of halogens is 1. The third-order valence-corrected chi connectivity index (χ3v) is 4.38. The second kappa shape index (κ2) is 7.69. The van der Waals surface area contributed by atoms with Crippen molar-refractivity contribution in [1.82, 2.24) is 4.90 Å².